The summed E-state index contributed by atoms with van der Waals surface area (Å²) < 4.78 is 0. The highest BCUT2D eigenvalue weighted by Gasteiger charge is 2.51. The maximum Gasteiger partial charge on any atom is 0.0722 e. The van der Waals surface area contributed by atoms with Crippen molar-refractivity contribution >= 4 is 22.6 Å². The summed E-state index contributed by atoms with van der Waals surface area (Å²) in [6.07, 6.45) is 6.29. The summed E-state index contributed by atoms with van der Waals surface area (Å²) in [5.41, 5.74) is 21.1. The van der Waals surface area contributed by atoms with Crippen LogP contribution in [0.4, 0.5) is 17.1 Å². The van der Waals surface area contributed by atoms with Crippen molar-refractivity contribution in [1.29, 1.82) is 0 Å². The van der Waals surface area contributed by atoms with E-state index in [4.69, 9.17) is 0 Å². The van der Waals surface area contributed by atoms with Gasteiger partial charge < -0.3 is 4.90 Å². The van der Waals surface area contributed by atoms with Gasteiger partial charge in [0.25, 0.3) is 0 Å². The smallest absolute Gasteiger partial charge is 0.0722 e. The summed E-state index contributed by atoms with van der Waals surface area (Å²) in [7, 11) is 0. The minimum absolute atomic E-state index is 0.127. The monoisotopic (exact) mass is 691 g/mol. The standard InChI is InChI=1S/C53H41N/c1-5-6-24-45-35(2)39-20-10-15-26-47(39)53(45)48-27-16-12-23-42(48)44-32-30-38(34-50(44)53)54(51-28-17-13-21-40(51)36-18-8-7-9-19-36)37-29-31-43-41-22-11-14-25-46(41)52(3,4)49(43)33-37/h5-34H,1H2,2-4H3/b24-6-. The number of benzene rings is 7. The second-order valence-corrected chi connectivity index (χ2v) is 15.3. The van der Waals surface area contributed by atoms with Crippen LogP contribution in [-0.2, 0) is 10.8 Å². The molecule has 0 aromatic heterocycles. The molecule has 258 valence electrons. The number of para-hydroxylation sites is 1. The fraction of sp³-hybridized carbons (Fsp3) is 0.0943. The van der Waals surface area contributed by atoms with Gasteiger partial charge in [-0.2, -0.15) is 0 Å². The Morgan fingerprint density at radius 2 is 0.981 bits per heavy atom. The van der Waals surface area contributed by atoms with Gasteiger partial charge in [-0.25, -0.2) is 0 Å². The molecule has 1 spiro atoms. The molecule has 0 fully saturated rings. The van der Waals surface area contributed by atoms with E-state index in [1.54, 1.807) is 0 Å². The minimum Gasteiger partial charge on any atom is -0.310 e. The van der Waals surface area contributed by atoms with Gasteiger partial charge in [-0.1, -0.05) is 172 Å². The van der Waals surface area contributed by atoms with E-state index >= 15 is 0 Å². The van der Waals surface area contributed by atoms with Crippen LogP contribution in [-0.4, -0.2) is 0 Å². The van der Waals surface area contributed by atoms with Crippen molar-refractivity contribution in [3.05, 3.63) is 228 Å². The van der Waals surface area contributed by atoms with Crippen LogP contribution in [0.15, 0.2) is 194 Å². The average Bonchev–Trinajstić information content (AvgIpc) is 3.74. The zero-order valence-corrected chi connectivity index (χ0v) is 31.0. The first-order valence-corrected chi connectivity index (χ1v) is 19.0. The van der Waals surface area contributed by atoms with Crippen molar-refractivity contribution in [3.8, 4) is 33.4 Å². The van der Waals surface area contributed by atoms with Gasteiger partial charge in [0.1, 0.15) is 0 Å². The second kappa shape index (κ2) is 12.0. The number of hydrogen-bond acceptors (Lipinski definition) is 1. The molecule has 1 nitrogen and oxygen atoms in total. The van der Waals surface area contributed by atoms with Gasteiger partial charge in [0.15, 0.2) is 0 Å². The third-order valence-corrected chi connectivity index (χ3v) is 12.3. The van der Waals surface area contributed by atoms with Crippen LogP contribution < -0.4 is 4.90 Å². The fourth-order valence-electron chi connectivity index (χ4n) is 9.90. The zero-order valence-electron chi connectivity index (χ0n) is 31.0. The summed E-state index contributed by atoms with van der Waals surface area (Å²) in [6, 6.07) is 60.9. The summed E-state index contributed by atoms with van der Waals surface area (Å²) in [6.45, 7) is 11.1. The first kappa shape index (κ1) is 32.2. The van der Waals surface area contributed by atoms with E-state index in [2.05, 4.69) is 208 Å². The quantitative estimate of drug-likeness (QED) is 0.157. The number of rotatable bonds is 6. The third-order valence-electron chi connectivity index (χ3n) is 12.3. The molecule has 1 unspecified atom stereocenters. The number of fused-ring (bicyclic) bond motifs is 10. The SMILES string of the molecule is C=C/C=C\C1=C(C)c2ccccc2C12c1ccccc1-c1ccc(N(c3ccc4c(c3)C(C)(C)c3ccccc3-4)c3ccccc3-c3ccccc3)cc12. The second-order valence-electron chi connectivity index (χ2n) is 15.3. The van der Waals surface area contributed by atoms with E-state index in [1.807, 2.05) is 6.08 Å². The van der Waals surface area contributed by atoms with Gasteiger partial charge in [0.2, 0.25) is 0 Å². The maximum atomic E-state index is 4.07. The molecule has 1 atom stereocenters. The van der Waals surface area contributed by atoms with Crippen molar-refractivity contribution in [2.24, 2.45) is 0 Å². The third kappa shape index (κ3) is 4.39. The van der Waals surface area contributed by atoms with Gasteiger partial charge in [-0.15, -0.1) is 0 Å². The van der Waals surface area contributed by atoms with Crippen LogP contribution in [0.2, 0.25) is 0 Å². The highest BCUT2D eigenvalue weighted by molar-refractivity contribution is 5.97. The van der Waals surface area contributed by atoms with Crippen molar-refractivity contribution < 1.29 is 0 Å². The lowest BCUT2D eigenvalue weighted by Gasteiger charge is -2.34. The Kier molecular flexibility index (Phi) is 7.19. The normalized spacial score (nSPS) is 16.9. The molecule has 0 amide bonds. The lowest BCUT2D eigenvalue weighted by atomic mass is 9.69. The summed E-state index contributed by atoms with van der Waals surface area (Å²) in [5, 5.41) is 0. The van der Waals surface area contributed by atoms with Gasteiger partial charge >= 0.3 is 0 Å². The van der Waals surface area contributed by atoms with Crippen molar-refractivity contribution in [2.45, 2.75) is 31.6 Å². The maximum absolute atomic E-state index is 4.07. The van der Waals surface area contributed by atoms with Crippen molar-refractivity contribution in [1.82, 2.24) is 0 Å². The van der Waals surface area contributed by atoms with E-state index in [-0.39, 0.29) is 5.41 Å². The molecule has 0 radical (unpaired) electrons. The van der Waals surface area contributed by atoms with Crippen LogP contribution in [0.1, 0.15) is 54.2 Å². The Balaban J connectivity index is 1.26. The van der Waals surface area contributed by atoms with E-state index < -0.39 is 5.41 Å². The van der Waals surface area contributed by atoms with Crippen molar-refractivity contribution in [2.75, 3.05) is 4.90 Å². The fourth-order valence-corrected chi connectivity index (χ4v) is 9.90. The van der Waals surface area contributed by atoms with Crippen LogP contribution >= 0.6 is 0 Å². The minimum atomic E-state index is -0.464. The lowest BCUT2D eigenvalue weighted by molar-refractivity contribution is 0.660. The van der Waals surface area contributed by atoms with Gasteiger partial charge in [0.05, 0.1) is 11.1 Å². The van der Waals surface area contributed by atoms with Crippen LogP contribution in [0, 0.1) is 0 Å². The Morgan fingerprint density at radius 3 is 1.67 bits per heavy atom. The Labute approximate surface area is 318 Å². The number of allylic oxidation sites excluding steroid dienone is 5. The molecule has 0 aliphatic heterocycles. The molecule has 54 heavy (non-hydrogen) atoms. The van der Waals surface area contributed by atoms with E-state index in [0.29, 0.717) is 0 Å². The topological polar surface area (TPSA) is 3.24 Å². The molecule has 0 heterocycles. The first-order valence-electron chi connectivity index (χ1n) is 19.0. The Hall–Kier alpha value is -6.44. The Morgan fingerprint density at radius 1 is 0.481 bits per heavy atom. The predicted molar refractivity (Wildman–Crippen MR) is 228 cm³/mol. The largest absolute Gasteiger partial charge is 0.310 e. The number of hydrogen-bond donors (Lipinski definition) is 0. The molecule has 1 heteroatoms. The molecule has 10 rings (SSSR count). The van der Waals surface area contributed by atoms with Crippen LogP contribution in [0.25, 0.3) is 39.0 Å². The molecule has 7 aromatic carbocycles. The molecule has 0 saturated heterocycles. The number of anilines is 3. The van der Waals surface area contributed by atoms with E-state index in [9.17, 15) is 0 Å². The number of nitrogens with zero attached hydrogens (tertiary/aromatic N) is 1. The Bertz CT molecular complexity index is 2720. The molecule has 0 saturated carbocycles. The summed E-state index contributed by atoms with van der Waals surface area (Å²) >= 11 is 0. The first-order chi connectivity index (χ1) is 26.4. The van der Waals surface area contributed by atoms with Crippen LogP contribution in [0.3, 0.4) is 0 Å². The van der Waals surface area contributed by atoms with Gasteiger partial charge in [-0.3, -0.25) is 0 Å². The molecule has 3 aliphatic carbocycles. The lowest BCUT2D eigenvalue weighted by Crippen LogP contribution is -2.27. The highest BCUT2D eigenvalue weighted by atomic mass is 15.1. The summed E-state index contributed by atoms with van der Waals surface area (Å²) in [4.78, 5) is 2.50. The van der Waals surface area contributed by atoms with Crippen LogP contribution in [0.5, 0.6) is 0 Å². The summed E-state index contributed by atoms with van der Waals surface area (Å²) in [5.74, 6) is 0. The average molecular weight is 692 g/mol. The molecular weight excluding hydrogens is 651 g/mol. The molecule has 7 aromatic rings. The highest BCUT2D eigenvalue weighted by Crippen LogP contribution is 2.63. The van der Waals surface area contributed by atoms with E-state index in [0.717, 1.165) is 17.1 Å². The molecule has 3 aliphatic rings. The van der Waals surface area contributed by atoms with Crippen molar-refractivity contribution in [3.63, 3.8) is 0 Å². The van der Waals surface area contributed by atoms with Gasteiger partial charge in [-0.05, 0) is 110 Å². The molecule has 0 bridgehead atoms. The molecule has 0 N–H and O–H groups in total. The zero-order chi connectivity index (χ0) is 36.6. The predicted octanol–water partition coefficient (Wildman–Crippen LogP) is 14.0. The van der Waals surface area contributed by atoms with E-state index in [1.165, 1.54) is 77.9 Å². The molecular formula is C53H41N. The van der Waals surface area contributed by atoms with Gasteiger partial charge in [0, 0.05) is 22.4 Å².